The third-order valence-corrected chi connectivity index (χ3v) is 5.38. The summed E-state index contributed by atoms with van der Waals surface area (Å²) in [6, 6.07) is 20.1. The minimum atomic E-state index is -0.396. The molecule has 0 saturated carbocycles. The second kappa shape index (κ2) is 9.30. The van der Waals surface area contributed by atoms with Gasteiger partial charge in [0.05, 0.1) is 12.0 Å². The molecule has 0 saturated heterocycles. The summed E-state index contributed by atoms with van der Waals surface area (Å²) >= 11 is 0. The van der Waals surface area contributed by atoms with Crippen LogP contribution in [0.15, 0.2) is 82.2 Å². The lowest BCUT2D eigenvalue weighted by Gasteiger charge is -2.11. The highest BCUT2D eigenvalue weighted by molar-refractivity contribution is 5.92. The van der Waals surface area contributed by atoms with Gasteiger partial charge in [-0.2, -0.15) is 9.78 Å². The highest BCUT2D eigenvalue weighted by Crippen LogP contribution is 2.25. The molecule has 0 aliphatic heterocycles. The molecule has 3 heterocycles. The Bertz CT molecular complexity index is 1550. The second-order valence-corrected chi connectivity index (χ2v) is 8.30. The zero-order valence-corrected chi connectivity index (χ0v) is 19.2. The summed E-state index contributed by atoms with van der Waals surface area (Å²) in [4.78, 5) is 32.2. The summed E-state index contributed by atoms with van der Waals surface area (Å²) in [5, 5.41) is 9.41. The molecule has 35 heavy (non-hydrogen) atoms. The van der Waals surface area contributed by atoms with E-state index in [-0.39, 0.29) is 24.0 Å². The first-order valence-corrected chi connectivity index (χ1v) is 11.1. The molecule has 0 bridgehead atoms. The maximum atomic E-state index is 12.8. The Morgan fingerprint density at radius 1 is 1.09 bits per heavy atom. The van der Waals surface area contributed by atoms with Crippen molar-refractivity contribution in [2.45, 2.75) is 19.8 Å². The molecule has 0 radical (unpaired) electrons. The molecule has 0 spiro atoms. The number of rotatable bonds is 7. The summed E-state index contributed by atoms with van der Waals surface area (Å²) in [6.07, 6.45) is 1.53. The fourth-order valence-electron chi connectivity index (χ4n) is 3.62. The molecule has 0 fully saturated rings. The van der Waals surface area contributed by atoms with Crippen molar-refractivity contribution in [1.29, 1.82) is 0 Å². The van der Waals surface area contributed by atoms with Crippen molar-refractivity contribution in [2.24, 2.45) is 0 Å². The second-order valence-electron chi connectivity index (χ2n) is 8.30. The van der Waals surface area contributed by atoms with Crippen molar-refractivity contribution in [3.05, 3.63) is 89.0 Å². The minimum Gasteiger partial charge on any atom is -0.484 e. The van der Waals surface area contributed by atoms with Crippen LogP contribution in [-0.2, 0) is 4.79 Å². The van der Waals surface area contributed by atoms with Gasteiger partial charge in [-0.05, 0) is 41.0 Å². The summed E-state index contributed by atoms with van der Waals surface area (Å²) < 4.78 is 12.5. The number of aromatic amines is 1. The fourth-order valence-corrected chi connectivity index (χ4v) is 3.62. The predicted octanol–water partition coefficient (Wildman–Crippen LogP) is 4.51. The van der Waals surface area contributed by atoms with Gasteiger partial charge in [-0.25, -0.2) is 4.98 Å². The van der Waals surface area contributed by atoms with E-state index in [9.17, 15) is 9.59 Å². The molecule has 1 amide bonds. The van der Waals surface area contributed by atoms with Crippen molar-refractivity contribution < 1.29 is 13.9 Å². The lowest BCUT2D eigenvalue weighted by atomic mass is 10.1. The van der Waals surface area contributed by atoms with Crippen LogP contribution in [0.1, 0.15) is 25.5 Å². The standard InChI is InChI=1S/C26H23N5O4/c1-16(2)20-14-24(32)29-26(27-20)31-23(13-21(30-31)22-8-5-11-34-22)28-25(33)15-35-19-10-9-17-6-3-4-7-18(17)12-19/h3-14,16H,15H2,1-2H3,(H,28,33)(H,27,29,32). The van der Waals surface area contributed by atoms with Gasteiger partial charge >= 0.3 is 0 Å². The van der Waals surface area contributed by atoms with Crippen molar-refractivity contribution in [3.8, 4) is 23.2 Å². The van der Waals surface area contributed by atoms with E-state index in [0.29, 0.717) is 28.7 Å². The van der Waals surface area contributed by atoms with Crippen LogP contribution in [0.3, 0.4) is 0 Å². The average molecular weight is 470 g/mol. The Balaban J connectivity index is 1.41. The number of H-pyrrole nitrogens is 1. The number of amides is 1. The third-order valence-electron chi connectivity index (χ3n) is 5.38. The van der Waals surface area contributed by atoms with Gasteiger partial charge in [0.2, 0.25) is 5.95 Å². The molecule has 3 aromatic heterocycles. The molecule has 5 aromatic rings. The van der Waals surface area contributed by atoms with Crippen molar-refractivity contribution >= 4 is 22.5 Å². The van der Waals surface area contributed by atoms with Crippen LogP contribution in [0.25, 0.3) is 28.2 Å². The molecule has 0 atom stereocenters. The van der Waals surface area contributed by atoms with Gasteiger partial charge in [0.15, 0.2) is 12.4 Å². The summed E-state index contributed by atoms with van der Waals surface area (Å²) in [5.74, 6) is 1.22. The van der Waals surface area contributed by atoms with Gasteiger partial charge in [-0.3, -0.25) is 14.6 Å². The number of hydrogen-bond acceptors (Lipinski definition) is 6. The average Bonchev–Trinajstić information content (AvgIpc) is 3.52. The van der Waals surface area contributed by atoms with E-state index in [0.717, 1.165) is 10.8 Å². The number of carbonyl (C=O) groups is 1. The molecule has 0 aliphatic rings. The summed E-state index contributed by atoms with van der Waals surface area (Å²) in [5.41, 5.74) is 0.764. The molecule has 5 rings (SSSR count). The first-order valence-electron chi connectivity index (χ1n) is 11.1. The van der Waals surface area contributed by atoms with E-state index in [1.165, 1.54) is 17.0 Å². The van der Waals surface area contributed by atoms with Gasteiger partial charge in [-0.15, -0.1) is 0 Å². The van der Waals surface area contributed by atoms with E-state index in [1.807, 2.05) is 56.3 Å². The van der Waals surface area contributed by atoms with E-state index < -0.39 is 5.91 Å². The van der Waals surface area contributed by atoms with Crippen LogP contribution >= 0.6 is 0 Å². The maximum Gasteiger partial charge on any atom is 0.263 e. The molecule has 0 aliphatic carbocycles. The normalized spacial score (nSPS) is 11.2. The Labute approximate surface area is 200 Å². The van der Waals surface area contributed by atoms with Gasteiger partial charge in [0.25, 0.3) is 11.5 Å². The van der Waals surface area contributed by atoms with Crippen LogP contribution in [0.2, 0.25) is 0 Å². The van der Waals surface area contributed by atoms with Crippen LogP contribution in [-0.4, -0.2) is 32.3 Å². The molecular weight excluding hydrogens is 446 g/mol. The molecule has 9 nitrogen and oxygen atoms in total. The van der Waals surface area contributed by atoms with Crippen molar-refractivity contribution in [3.63, 3.8) is 0 Å². The van der Waals surface area contributed by atoms with Gasteiger partial charge in [0, 0.05) is 12.1 Å². The topological polar surface area (TPSA) is 115 Å². The Morgan fingerprint density at radius 2 is 1.91 bits per heavy atom. The molecule has 2 N–H and O–H groups in total. The number of carbonyl (C=O) groups excluding carboxylic acids is 1. The maximum absolute atomic E-state index is 12.8. The van der Waals surface area contributed by atoms with Crippen LogP contribution in [0, 0.1) is 0 Å². The lowest BCUT2D eigenvalue weighted by Crippen LogP contribution is -2.23. The number of ether oxygens (including phenoxy) is 1. The van der Waals surface area contributed by atoms with E-state index >= 15 is 0 Å². The Hall–Kier alpha value is -4.66. The monoisotopic (exact) mass is 469 g/mol. The molecule has 0 unspecified atom stereocenters. The molecule has 9 heteroatoms. The van der Waals surface area contributed by atoms with Gasteiger partial charge in [0.1, 0.15) is 17.3 Å². The zero-order chi connectivity index (χ0) is 24.4. The highest BCUT2D eigenvalue weighted by Gasteiger charge is 2.18. The van der Waals surface area contributed by atoms with Crippen molar-refractivity contribution in [2.75, 3.05) is 11.9 Å². The predicted molar refractivity (Wildman–Crippen MR) is 132 cm³/mol. The number of hydrogen-bond donors (Lipinski definition) is 2. The first kappa shape index (κ1) is 22.1. The van der Waals surface area contributed by atoms with E-state index in [1.54, 1.807) is 18.2 Å². The summed E-state index contributed by atoms with van der Waals surface area (Å²) in [6.45, 7) is 3.67. The van der Waals surface area contributed by atoms with E-state index in [4.69, 9.17) is 9.15 Å². The SMILES string of the molecule is CC(C)c1cc(=O)[nH]c(-n2nc(-c3ccco3)cc2NC(=O)COc2ccc3ccccc3c2)n1. The summed E-state index contributed by atoms with van der Waals surface area (Å²) in [7, 11) is 0. The molecular formula is C26H23N5O4. The van der Waals surface area contributed by atoms with Crippen LogP contribution in [0.5, 0.6) is 5.75 Å². The highest BCUT2D eigenvalue weighted by atomic mass is 16.5. The number of anilines is 1. The molecule has 2 aromatic carbocycles. The Morgan fingerprint density at radius 3 is 2.69 bits per heavy atom. The number of furan rings is 1. The number of benzene rings is 2. The first-order chi connectivity index (χ1) is 17.0. The van der Waals surface area contributed by atoms with Crippen LogP contribution < -0.4 is 15.6 Å². The number of nitrogens with zero attached hydrogens (tertiary/aromatic N) is 3. The third kappa shape index (κ3) is 4.84. The number of fused-ring (bicyclic) bond motifs is 1. The van der Waals surface area contributed by atoms with Gasteiger partial charge in [-0.1, -0.05) is 44.2 Å². The van der Waals surface area contributed by atoms with E-state index in [2.05, 4.69) is 20.4 Å². The smallest absolute Gasteiger partial charge is 0.263 e. The minimum absolute atomic E-state index is 0.0320. The fraction of sp³-hybridized carbons (Fsp3) is 0.154. The van der Waals surface area contributed by atoms with Crippen LogP contribution in [0.4, 0.5) is 5.82 Å². The quantitative estimate of drug-likeness (QED) is 0.362. The zero-order valence-electron chi connectivity index (χ0n) is 19.2. The largest absolute Gasteiger partial charge is 0.484 e. The number of nitrogens with one attached hydrogen (secondary N) is 2. The number of aromatic nitrogens is 4. The van der Waals surface area contributed by atoms with Crippen molar-refractivity contribution in [1.82, 2.24) is 19.7 Å². The van der Waals surface area contributed by atoms with Gasteiger partial charge < -0.3 is 14.5 Å². The lowest BCUT2D eigenvalue weighted by molar-refractivity contribution is -0.118. The Kier molecular flexibility index (Phi) is 5.88. The molecule has 176 valence electrons.